The molecule has 2 aromatic rings. The maximum absolute atomic E-state index is 13.3. The zero-order valence-corrected chi connectivity index (χ0v) is 17.8. The van der Waals surface area contributed by atoms with Gasteiger partial charge in [-0.05, 0) is 55.8 Å². The number of piperidine rings is 1. The molecule has 2 saturated heterocycles. The predicted octanol–water partition coefficient (Wildman–Crippen LogP) is 0.234. The number of aromatic nitrogens is 5. The van der Waals surface area contributed by atoms with Crippen LogP contribution in [0.5, 0.6) is 0 Å². The second-order valence-electron chi connectivity index (χ2n) is 8.77. The first kappa shape index (κ1) is 20.7. The summed E-state index contributed by atoms with van der Waals surface area (Å²) in [6.07, 6.45) is 6.08. The van der Waals surface area contributed by atoms with E-state index in [1.165, 1.54) is 17.1 Å². The van der Waals surface area contributed by atoms with Gasteiger partial charge < -0.3 is 19.6 Å². The van der Waals surface area contributed by atoms with Crippen molar-refractivity contribution in [3.05, 3.63) is 42.0 Å². The van der Waals surface area contributed by atoms with Crippen LogP contribution in [0.4, 0.5) is 0 Å². The van der Waals surface area contributed by atoms with E-state index in [0.29, 0.717) is 18.1 Å². The van der Waals surface area contributed by atoms with Crippen LogP contribution >= 0.6 is 0 Å². The normalized spacial score (nSPS) is 24.1. The van der Waals surface area contributed by atoms with Gasteiger partial charge in [0, 0.05) is 30.4 Å². The minimum Gasteiger partial charge on any atom is -0.456 e. The van der Waals surface area contributed by atoms with Crippen molar-refractivity contribution in [2.75, 3.05) is 26.2 Å². The van der Waals surface area contributed by atoms with Crippen LogP contribution < -0.4 is 0 Å². The standard InChI is InChI=1S/C21H25N7O4/c1-14-9-21(20(31)28(14)16-8-19(30)32-12-16)4-6-26(7-5-21)11-17(29)15-2-3-18(22-10-15)27-13-23-24-25-27/h2-3,8,10,13-14,17,29H,4-7,9,11-12H2,1H3/t14-,17-/m0/s1. The third-order valence-corrected chi connectivity index (χ3v) is 6.74. The van der Waals surface area contributed by atoms with Crippen molar-refractivity contribution in [3.63, 3.8) is 0 Å². The number of pyridine rings is 1. The smallest absolute Gasteiger partial charge is 0.333 e. The molecule has 2 atom stereocenters. The number of cyclic esters (lactones) is 1. The third kappa shape index (κ3) is 3.67. The van der Waals surface area contributed by atoms with Gasteiger partial charge in [0.25, 0.3) is 0 Å². The first-order valence-electron chi connectivity index (χ1n) is 10.8. The van der Waals surface area contributed by atoms with Crippen molar-refractivity contribution in [1.82, 2.24) is 35.0 Å². The summed E-state index contributed by atoms with van der Waals surface area (Å²) in [5.74, 6) is 0.288. The zero-order chi connectivity index (χ0) is 22.3. The number of tetrazole rings is 1. The Balaban J connectivity index is 1.19. The topological polar surface area (TPSA) is 127 Å². The van der Waals surface area contributed by atoms with Gasteiger partial charge in [-0.15, -0.1) is 5.10 Å². The van der Waals surface area contributed by atoms with E-state index >= 15 is 0 Å². The van der Waals surface area contributed by atoms with E-state index < -0.39 is 11.5 Å². The van der Waals surface area contributed by atoms with Crippen molar-refractivity contribution >= 4 is 11.9 Å². The molecule has 11 heteroatoms. The molecule has 1 N–H and O–H groups in total. The molecule has 1 spiro atoms. The fourth-order valence-corrected chi connectivity index (χ4v) is 5.04. The highest BCUT2D eigenvalue weighted by molar-refractivity contribution is 5.91. The van der Waals surface area contributed by atoms with Crippen LogP contribution in [-0.2, 0) is 14.3 Å². The van der Waals surface area contributed by atoms with E-state index in [9.17, 15) is 14.7 Å². The number of carbonyl (C=O) groups excluding carboxylic acids is 2. The van der Waals surface area contributed by atoms with Gasteiger partial charge in [-0.3, -0.25) is 4.79 Å². The minimum atomic E-state index is -0.680. The zero-order valence-electron chi connectivity index (χ0n) is 17.8. The lowest BCUT2D eigenvalue weighted by atomic mass is 9.76. The highest BCUT2D eigenvalue weighted by Gasteiger charge is 2.52. The summed E-state index contributed by atoms with van der Waals surface area (Å²) in [7, 11) is 0. The van der Waals surface area contributed by atoms with Gasteiger partial charge in [0.05, 0.1) is 17.2 Å². The number of esters is 1. The minimum absolute atomic E-state index is 0.0464. The average Bonchev–Trinajstić information content (AvgIpc) is 3.52. The first-order chi connectivity index (χ1) is 15.4. The number of hydrogen-bond acceptors (Lipinski definition) is 9. The number of aliphatic hydroxyl groups is 1. The molecule has 2 fully saturated rings. The molecule has 5 rings (SSSR count). The lowest BCUT2D eigenvalue weighted by Crippen LogP contribution is -2.45. The molecule has 0 bridgehead atoms. The summed E-state index contributed by atoms with van der Waals surface area (Å²) in [6, 6.07) is 3.63. The molecule has 0 aliphatic carbocycles. The van der Waals surface area contributed by atoms with Gasteiger partial charge in [-0.1, -0.05) is 6.07 Å². The first-order valence-corrected chi connectivity index (χ1v) is 10.8. The monoisotopic (exact) mass is 439 g/mol. The van der Waals surface area contributed by atoms with E-state index in [-0.39, 0.29) is 24.5 Å². The molecule has 0 radical (unpaired) electrons. The maximum Gasteiger partial charge on any atom is 0.333 e. The van der Waals surface area contributed by atoms with Gasteiger partial charge in [-0.2, -0.15) is 4.68 Å². The van der Waals surface area contributed by atoms with Gasteiger partial charge >= 0.3 is 5.97 Å². The Bertz CT molecular complexity index is 1030. The molecule has 2 aromatic heterocycles. The van der Waals surface area contributed by atoms with Crippen LogP contribution in [0.1, 0.15) is 37.9 Å². The molecule has 168 valence electrons. The van der Waals surface area contributed by atoms with Crippen LogP contribution in [0.15, 0.2) is 36.4 Å². The number of hydrogen-bond donors (Lipinski definition) is 1. The Morgan fingerprint density at radius 3 is 2.72 bits per heavy atom. The van der Waals surface area contributed by atoms with E-state index in [1.54, 1.807) is 17.2 Å². The highest BCUT2D eigenvalue weighted by atomic mass is 16.5. The van der Waals surface area contributed by atoms with Crippen LogP contribution in [0.3, 0.4) is 0 Å². The lowest BCUT2D eigenvalue weighted by Gasteiger charge is -2.38. The van der Waals surface area contributed by atoms with Crippen molar-refractivity contribution in [3.8, 4) is 5.82 Å². The quantitative estimate of drug-likeness (QED) is 0.652. The summed E-state index contributed by atoms with van der Waals surface area (Å²) in [5.41, 5.74) is 0.985. The van der Waals surface area contributed by atoms with Crippen LogP contribution in [-0.4, -0.2) is 84.3 Å². The maximum atomic E-state index is 13.3. The summed E-state index contributed by atoms with van der Waals surface area (Å²) in [5, 5.41) is 21.7. The van der Waals surface area contributed by atoms with Crippen LogP contribution in [0, 0.1) is 5.41 Å². The Morgan fingerprint density at radius 2 is 2.09 bits per heavy atom. The molecule has 0 aromatic carbocycles. The fraction of sp³-hybridized carbons (Fsp3) is 0.524. The number of rotatable bonds is 5. The summed E-state index contributed by atoms with van der Waals surface area (Å²) in [4.78, 5) is 33.0. The largest absolute Gasteiger partial charge is 0.456 e. The molecular formula is C21H25N7O4. The van der Waals surface area contributed by atoms with E-state index in [0.717, 1.165) is 37.9 Å². The molecule has 0 saturated carbocycles. The van der Waals surface area contributed by atoms with Gasteiger partial charge in [0.1, 0.15) is 12.9 Å². The fourth-order valence-electron chi connectivity index (χ4n) is 5.04. The molecular weight excluding hydrogens is 414 g/mol. The van der Waals surface area contributed by atoms with E-state index in [4.69, 9.17) is 4.74 Å². The third-order valence-electron chi connectivity index (χ3n) is 6.74. The number of nitrogens with zero attached hydrogens (tertiary/aromatic N) is 7. The number of β-amino-alcohol motifs (C(OH)–C–C–N with tert-alkyl or cyclic N) is 1. The summed E-state index contributed by atoms with van der Waals surface area (Å²) < 4.78 is 6.46. The number of carbonyl (C=O) groups is 2. The van der Waals surface area contributed by atoms with Gasteiger partial charge in [0.15, 0.2) is 5.82 Å². The van der Waals surface area contributed by atoms with Crippen LogP contribution in [0.2, 0.25) is 0 Å². The molecule has 1 amide bonds. The molecule has 11 nitrogen and oxygen atoms in total. The Hall–Kier alpha value is -3.18. The van der Waals surface area contributed by atoms with Crippen molar-refractivity contribution in [2.24, 2.45) is 5.41 Å². The van der Waals surface area contributed by atoms with Gasteiger partial charge in [-0.25, -0.2) is 9.78 Å². The molecule has 3 aliphatic rings. The summed E-state index contributed by atoms with van der Waals surface area (Å²) >= 11 is 0. The predicted molar refractivity (Wildman–Crippen MR) is 110 cm³/mol. The molecule has 5 heterocycles. The Kier molecular flexibility index (Phi) is 5.22. The van der Waals surface area contributed by atoms with Crippen molar-refractivity contribution < 1.29 is 19.4 Å². The number of likely N-dealkylation sites (tertiary alicyclic amines) is 2. The van der Waals surface area contributed by atoms with Crippen molar-refractivity contribution in [1.29, 1.82) is 0 Å². The SMILES string of the molecule is C[C@H]1CC2(CCN(C[C@H](O)c3ccc(-n4cnnn4)nc3)CC2)C(=O)N1C1=CC(=O)OC1. The van der Waals surface area contributed by atoms with E-state index in [2.05, 4.69) is 25.4 Å². The summed E-state index contributed by atoms with van der Waals surface area (Å²) in [6.45, 7) is 4.13. The van der Waals surface area contributed by atoms with E-state index in [1.807, 2.05) is 13.0 Å². The second kappa shape index (κ2) is 8.06. The highest BCUT2D eigenvalue weighted by Crippen LogP contribution is 2.46. The van der Waals surface area contributed by atoms with Gasteiger partial charge in [0.2, 0.25) is 5.91 Å². The van der Waals surface area contributed by atoms with Crippen molar-refractivity contribution in [2.45, 2.75) is 38.3 Å². The number of ether oxygens (including phenoxy) is 1. The lowest BCUT2D eigenvalue weighted by molar-refractivity contribution is -0.139. The molecule has 32 heavy (non-hydrogen) atoms. The molecule has 3 aliphatic heterocycles. The number of amides is 1. The Labute approximate surface area is 184 Å². The molecule has 0 unspecified atom stereocenters. The average molecular weight is 439 g/mol. The van der Waals surface area contributed by atoms with Crippen LogP contribution in [0.25, 0.3) is 5.82 Å². The number of aliphatic hydroxyl groups excluding tert-OH is 1. The second-order valence-corrected chi connectivity index (χ2v) is 8.77. The Morgan fingerprint density at radius 1 is 1.28 bits per heavy atom.